The van der Waals surface area contributed by atoms with E-state index in [2.05, 4.69) is 27.9 Å². The summed E-state index contributed by atoms with van der Waals surface area (Å²) < 4.78 is 1.08. The van der Waals surface area contributed by atoms with E-state index in [-0.39, 0.29) is 16.3 Å². The summed E-state index contributed by atoms with van der Waals surface area (Å²) in [5.41, 5.74) is 1.78. The standard InChI is InChI=1S/C15H12ClIN2O3/c1-2-9-7-10(17)3-6-14(9)18-15(20)12-5-4-11(19(21)22)8-13(12)16/h3-8H,2H2,1H3,(H,18,20). The number of aryl methyl sites for hydroxylation is 1. The van der Waals surface area contributed by atoms with Crippen LogP contribution in [0, 0.1) is 13.7 Å². The van der Waals surface area contributed by atoms with Crippen molar-refractivity contribution in [2.24, 2.45) is 0 Å². The molecule has 22 heavy (non-hydrogen) atoms. The summed E-state index contributed by atoms with van der Waals surface area (Å²) in [7, 11) is 0. The van der Waals surface area contributed by atoms with Gasteiger partial charge in [0.15, 0.2) is 0 Å². The van der Waals surface area contributed by atoms with Crippen molar-refractivity contribution in [1.82, 2.24) is 0 Å². The van der Waals surface area contributed by atoms with E-state index in [1.165, 1.54) is 18.2 Å². The van der Waals surface area contributed by atoms with Crippen LogP contribution in [-0.2, 0) is 6.42 Å². The third-order valence-corrected chi connectivity index (χ3v) is 4.09. The number of rotatable bonds is 4. The second-order valence-corrected chi connectivity index (χ2v) is 6.18. The summed E-state index contributed by atoms with van der Waals surface area (Å²) in [6, 6.07) is 9.51. The van der Waals surface area contributed by atoms with E-state index in [4.69, 9.17) is 11.6 Å². The Bertz CT molecular complexity index is 750. The Morgan fingerprint density at radius 3 is 2.64 bits per heavy atom. The lowest BCUT2D eigenvalue weighted by atomic mass is 10.1. The summed E-state index contributed by atoms with van der Waals surface area (Å²) in [5.74, 6) is -0.393. The molecule has 2 aromatic carbocycles. The minimum absolute atomic E-state index is 0.0512. The van der Waals surface area contributed by atoms with Gasteiger partial charge < -0.3 is 5.32 Å². The number of nitro benzene ring substituents is 1. The number of anilines is 1. The maximum absolute atomic E-state index is 12.3. The first kappa shape index (κ1) is 16.7. The normalized spacial score (nSPS) is 10.3. The molecule has 0 aromatic heterocycles. The molecule has 5 nitrogen and oxygen atoms in total. The van der Waals surface area contributed by atoms with Crippen LogP contribution in [0.2, 0.25) is 5.02 Å². The minimum atomic E-state index is -0.554. The molecule has 0 aliphatic rings. The lowest BCUT2D eigenvalue weighted by Crippen LogP contribution is -2.14. The summed E-state index contributed by atoms with van der Waals surface area (Å²) in [5, 5.41) is 13.5. The number of carbonyl (C=O) groups is 1. The number of non-ortho nitro benzene ring substituents is 1. The van der Waals surface area contributed by atoms with Gasteiger partial charge >= 0.3 is 0 Å². The lowest BCUT2D eigenvalue weighted by molar-refractivity contribution is -0.384. The van der Waals surface area contributed by atoms with E-state index >= 15 is 0 Å². The number of amides is 1. The molecule has 0 saturated heterocycles. The average Bonchev–Trinajstić information content (AvgIpc) is 2.48. The van der Waals surface area contributed by atoms with Crippen molar-refractivity contribution in [3.8, 4) is 0 Å². The maximum Gasteiger partial charge on any atom is 0.270 e. The Kier molecular flexibility index (Phi) is 5.36. The fourth-order valence-electron chi connectivity index (χ4n) is 1.97. The molecule has 0 radical (unpaired) electrons. The highest BCUT2D eigenvalue weighted by atomic mass is 127. The molecule has 0 spiro atoms. The van der Waals surface area contributed by atoms with E-state index in [0.29, 0.717) is 5.69 Å². The average molecular weight is 431 g/mol. The summed E-state index contributed by atoms with van der Waals surface area (Å²) in [6.45, 7) is 2.00. The number of hydrogen-bond acceptors (Lipinski definition) is 3. The van der Waals surface area contributed by atoms with Crippen molar-refractivity contribution in [3.63, 3.8) is 0 Å². The molecule has 0 saturated carbocycles. The molecule has 2 aromatic rings. The molecular formula is C15H12ClIN2O3. The van der Waals surface area contributed by atoms with Crippen molar-refractivity contribution < 1.29 is 9.72 Å². The molecule has 2 rings (SSSR count). The highest BCUT2D eigenvalue weighted by Crippen LogP contribution is 2.25. The molecule has 0 aliphatic heterocycles. The second-order valence-electron chi connectivity index (χ2n) is 4.53. The quantitative estimate of drug-likeness (QED) is 0.435. The van der Waals surface area contributed by atoms with Crippen LogP contribution in [0.15, 0.2) is 36.4 Å². The number of nitrogens with one attached hydrogen (secondary N) is 1. The molecule has 0 fully saturated rings. The van der Waals surface area contributed by atoms with Gasteiger partial charge in [0.2, 0.25) is 0 Å². The highest BCUT2D eigenvalue weighted by molar-refractivity contribution is 14.1. The molecule has 0 atom stereocenters. The van der Waals surface area contributed by atoms with Crippen molar-refractivity contribution in [2.75, 3.05) is 5.32 Å². The second kappa shape index (κ2) is 7.06. The van der Waals surface area contributed by atoms with Gasteiger partial charge in [0.1, 0.15) is 0 Å². The number of halogens is 2. The molecule has 0 aliphatic carbocycles. The van der Waals surface area contributed by atoms with Crippen molar-refractivity contribution in [3.05, 3.63) is 66.2 Å². The van der Waals surface area contributed by atoms with Crippen molar-refractivity contribution >= 4 is 51.5 Å². The topological polar surface area (TPSA) is 72.2 Å². The van der Waals surface area contributed by atoms with Crippen molar-refractivity contribution in [1.29, 1.82) is 0 Å². The number of nitrogens with zero attached hydrogens (tertiary/aromatic N) is 1. The Morgan fingerprint density at radius 2 is 2.05 bits per heavy atom. The lowest BCUT2D eigenvalue weighted by Gasteiger charge is -2.11. The summed E-state index contributed by atoms with van der Waals surface area (Å²) in [4.78, 5) is 22.4. The number of benzene rings is 2. The van der Waals surface area contributed by atoms with Crippen molar-refractivity contribution in [2.45, 2.75) is 13.3 Å². The van der Waals surface area contributed by atoms with Gasteiger partial charge in [0.05, 0.1) is 15.5 Å². The number of nitro groups is 1. The van der Waals surface area contributed by atoms with Gasteiger partial charge in [-0.2, -0.15) is 0 Å². The predicted octanol–water partition coefficient (Wildman–Crippen LogP) is 4.67. The minimum Gasteiger partial charge on any atom is -0.322 e. The van der Waals surface area contributed by atoms with E-state index in [1.54, 1.807) is 0 Å². The largest absolute Gasteiger partial charge is 0.322 e. The van der Waals surface area contributed by atoms with Gasteiger partial charge in [0.25, 0.3) is 11.6 Å². The smallest absolute Gasteiger partial charge is 0.270 e. The monoisotopic (exact) mass is 430 g/mol. The zero-order valence-electron chi connectivity index (χ0n) is 11.6. The first-order valence-electron chi connectivity index (χ1n) is 6.46. The summed E-state index contributed by atoms with van der Waals surface area (Å²) in [6.07, 6.45) is 0.778. The first-order chi connectivity index (χ1) is 10.4. The Morgan fingerprint density at radius 1 is 1.32 bits per heavy atom. The molecule has 114 valence electrons. The van der Waals surface area contributed by atoms with E-state index in [0.717, 1.165) is 15.6 Å². The Hall–Kier alpha value is -1.67. The van der Waals surface area contributed by atoms with E-state index in [1.807, 2.05) is 25.1 Å². The van der Waals surface area contributed by atoms with Crippen LogP contribution in [-0.4, -0.2) is 10.8 Å². The van der Waals surface area contributed by atoms with Gasteiger partial charge in [-0.25, -0.2) is 0 Å². The van der Waals surface area contributed by atoms with Crippen LogP contribution >= 0.6 is 34.2 Å². The Balaban J connectivity index is 2.28. The number of carbonyl (C=O) groups excluding carboxylic acids is 1. The van der Waals surface area contributed by atoms with Gasteiger partial charge in [-0.05, 0) is 58.8 Å². The SMILES string of the molecule is CCc1cc(I)ccc1NC(=O)c1ccc([N+](=O)[O-])cc1Cl. The fourth-order valence-corrected chi connectivity index (χ4v) is 2.78. The van der Waals surface area contributed by atoms with Crippen LogP contribution in [0.3, 0.4) is 0 Å². The maximum atomic E-state index is 12.3. The third kappa shape index (κ3) is 3.75. The van der Waals surface area contributed by atoms with E-state index in [9.17, 15) is 14.9 Å². The molecule has 1 N–H and O–H groups in total. The van der Waals surface area contributed by atoms with Crippen LogP contribution in [0.1, 0.15) is 22.8 Å². The van der Waals surface area contributed by atoms with Gasteiger partial charge in [-0.3, -0.25) is 14.9 Å². The molecule has 0 bridgehead atoms. The highest BCUT2D eigenvalue weighted by Gasteiger charge is 2.16. The van der Waals surface area contributed by atoms with Crippen LogP contribution in [0.4, 0.5) is 11.4 Å². The zero-order valence-corrected chi connectivity index (χ0v) is 14.5. The number of hydrogen-bond donors (Lipinski definition) is 1. The van der Waals surface area contributed by atoms with Crippen LogP contribution in [0.5, 0.6) is 0 Å². The molecule has 7 heteroatoms. The van der Waals surface area contributed by atoms with Gasteiger partial charge in [0, 0.05) is 21.4 Å². The molecule has 1 amide bonds. The van der Waals surface area contributed by atoms with Crippen LogP contribution < -0.4 is 5.32 Å². The molecular weight excluding hydrogens is 419 g/mol. The van der Waals surface area contributed by atoms with Gasteiger partial charge in [-0.1, -0.05) is 18.5 Å². The molecule has 0 heterocycles. The molecule has 0 unspecified atom stereocenters. The predicted molar refractivity (Wildman–Crippen MR) is 94.6 cm³/mol. The first-order valence-corrected chi connectivity index (χ1v) is 7.91. The zero-order chi connectivity index (χ0) is 16.3. The van der Waals surface area contributed by atoms with Gasteiger partial charge in [-0.15, -0.1) is 0 Å². The summed E-state index contributed by atoms with van der Waals surface area (Å²) >= 11 is 8.17. The van der Waals surface area contributed by atoms with Crippen LogP contribution in [0.25, 0.3) is 0 Å². The third-order valence-electron chi connectivity index (χ3n) is 3.10. The fraction of sp³-hybridized carbons (Fsp3) is 0.133. The van der Waals surface area contributed by atoms with E-state index < -0.39 is 10.8 Å². The Labute approximate surface area is 146 Å².